The van der Waals surface area contributed by atoms with E-state index in [4.69, 9.17) is 37.0 Å². The average molecular weight is 1190 g/mol. The van der Waals surface area contributed by atoms with Crippen LogP contribution in [0.25, 0.3) is 0 Å². The number of aliphatic hydroxyl groups is 1. The van der Waals surface area contributed by atoms with Gasteiger partial charge in [-0.3, -0.25) is 37.3 Å². The van der Waals surface area contributed by atoms with Crippen LogP contribution in [0.15, 0.2) is 0 Å². The highest BCUT2D eigenvalue weighted by Crippen LogP contribution is 2.45. The molecule has 0 heterocycles. The molecular formula is C61H118O17P2. The SMILES string of the molecule is CCCCCCCCCCCCCCCCC(=O)O[C@H](COC(=O)CCCCCCCCCCCCC)COP(=O)(O)OC[C@@H](O)COP(=O)(O)OC[C@@H](COC(=O)CCCCCCC)OC(=O)CCCCCCCCCCCC. The quantitative estimate of drug-likeness (QED) is 0.0222. The zero-order valence-electron chi connectivity index (χ0n) is 51.0. The molecule has 0 aliphatic carbocycles. The lowest BCUT2D eigenvalue weighted by molar-refractivity contribution is -0.161. The van der Waals surface area contributed by atoms with Crippen LogP contribution in [0, 0.1) is 0 Å². The van der Waals surface area contributed by atoms with Crippen molar-refractivity contribution < 1.29 is 80.2 Å². The van der Waals surface area contributed by atoms with E-state index >= 15 is 0 Å². The molecule has 5 atom stereocenters. The molecule has 0 aromatic rings. The smallest absolute Gasteiger partial charge is 0.462 e. The van der Waals surface area contributed by atoms with E-state index in [1.165, 1.54) is 135 Å². The summed E-state index contributed by atoms with van der Waals surface area (Å²) in [6.45, 7) is 4.78. The van der Waals surface area contributed by atoms with Gasteiger partial charge < -0.3 is 33.8 Å². The number of rotatable bonds is 62. The molecular weight excluding hydrogens is 1070 g/mol. The molecule has 0 saturated heterocycles. The van der Waals surface area contributed by atoms with Crippen molar-refractivity contribution in [2.24, 2.45) is 0 Å². The summed E-state index contributed by atoms with van der Waals surface area (Å²) in [5.74, 6) is -2.15. The minimum atomic E-state index is -4.94. The lowest BCUT2D eigenvalue weighted by Crippen LogP contribution is -2.30. The Labute approximate surface area is 486 Å². The Bertz CT molecular complexity index is 1550. The number of unbranched alkanes of at least 4 members (excludes halogenated alkanes) is 36. The summed E-state index contributed by atoms with van der Waals surface area (Å²) in [5, 5.41) is 10.5. The predicted molar refractivity (Wildman–Crippen MR) is 317 cm³/mol. The topological polar surface area (TPSA) is 237 Å². The van der Waals surface area contributed by atoms with E-state index in [-0.39, 0.29) is 25.7 Å². The zero-order valence-corrected chi connectivity index (χ0v) is 52.8. The molecule has 0 rings (SSSR count). The van der Waals surface area contributed by atoms with Gasteiger partial charge in [0, 0.05) is 25.7 Å². The maximum absolute atomic E-state index is 12.9. The normalized spacial score (nSPS) is 14.2. The first-order chi connectivity index (χ1) is 38.7. The highest BCUT2D eigenvalue weighted by atomic mass is 31.2. The van der Waals surface area contributed by atoms with Crippen LogP contribution >= 0.6 is 15.6 Å². The molecule has 474 valence electrons. The molecule has 17 nitrogen and oxygen atoms in total. The van der Waals surface area contributed by atoms with Gasteiger partial charge in [0.25, 0.3) is 0 Å². The first kappa shape index (κ1) is 78.1. The zero-order chi connectivity index (χ0) is 59.1. The predicted octanol–water partition coefficient (Wildman–Crippen LogP) is 16.8. The minimum Gasteiger partial charge on any atom is -0.462 e. The number of esters is 4. The fourth-order valence-corrected chi connectivity index (χ4v) is 10.7. The van der Waals surface area contributed by atoms with Crippen LogP contribution in [0.2, 0.25) is 0 Å². The molecule has 0 bridgehead atoms. The van der Waals surface area contributed by atoms with E-state index in [9.17, 15) is 43.2 Å². The number of hydrogen-bond donors (Lipinski definition) is 3. The molecule has 0 fully saturated rings. The van der Waals surface area contributed by atoms with Gasteiger partial charge in [0.15, 0.2) is 12.2 Å². The maximum atomic E-state index is 12.9. The maximum Gasteiger partial charge on any atom is 0.472 e. The Morgan fingerprint density at radius 1 is 0.300 bits per heavy atom. The Morgan fingerprint density at radius 3 is 0.738 bits per heavy atom. The monoisotopic (exact) mass is 1180 g/mol. The van der Waals surface area contributed by atoms with Gasteiger partial charge in [0.2, 0.25) is 0 Å². The molecule has 80 heavy (non-hydrogen) atoms. The molecule has 19 heteroatoms. The molecule has 0 saturated carbocycles. The van der Waals surface area contributed by atoms with E-state index in [0.717, 1.165) is 96.3 Å². The molecule has 0 amide bonds. The van der Waals surface area contributed by atoms with Crippen LogP contribution in [-0.4, -0.2) is 96.7 Å². The lowest BCUT2D eigenvalue weighted by atomic mass is 10.0. The van der Waals surface area contributed by atoms with Crippen LogP contribution in [0.1, 0.15) is 310 Å². The van der Waals surface area contributed by atoms with Crippen molar-refractivity contribution in [2.75, 3.05) is 39.6 Å². The summed E-state index contributed by atoms with van der Waals surface area (Å²) >= 11 is 0. The van der Waals surface area contributed by atoms with Gasteiger partial charge >= 0.3 is 39.5 Å². The fourth-order valence-electron chi connectivity index (χ4n) is 9.10. The number of ether oxygens (including phenoxy) is 4. The second-order valence-electron chi connectivity index (χ2n) is 22.1. The van der Waals surface area contributed by atoms with Crippen LogP contribution in [0.5, 0.6) is 0 Å². The number of aliphatic hydroxyl groups excluding tert-OH is 1. The van der Waals surface area contributed by atoms with Gasteiger partial charge in [-0.05, 0) is 25.7 Å². The highest BCUT2D eigenvalue weighted by Gasteiger charge is 2.30. The van der Waals surface area contributed by atoms with Gasteiger partial charge in [0.05, 0.1) is 26.4 Å². The van der Waals surface area contributed by atoms with E-state index in [0.29, 0.717) is 25.7 Å². The van der Waals surface area contributed by atoms with Crippen LogP contribution in [0.3, 0.4) is 0 Å². The summed E-state index contributed by atoms with van der Waals surface area (Å²) in [5.41, 5.74) is 0. The number of carbonyl (C=O) groups is 4. The van der Waals surface area contributed by atoms with Crippen molar-refractivity contribution in [3.05, 3.63) is 0 Å². The molecule has 0 aromatic carbocycles. The Kier molecular flexibility index (Phi) is 54.8. The number of hydrogen-bond acceptors (Lipinski definition) is 15. The summed E-state index contributed by atoms with van der Waals surface area (Å²) < 4.78 is 67.7. The summed E-state index contributed by atoms with van der Waals surface area (Å²) in [6.07, 6.45) is 40.5. The van der Waals surface area contributed by atoms with Crippen molar-refractivity contribution in [3.8, 4) is 0 Å². The lowest BCUT2D eigenvalue weighted by Gasteiger charge is -2.21. The Balaban J connectivity index is 5.17. The second kappa shape index (κ2) is 56.2. The Hall–Kier alpha value is -1.94. The molecule has 0 spiro atoms. The van der Waals surface area contributed by atoms with Gasteiger partial charge in [-0.15, -0.1) is 0 Å². The highest BCUT2D eigenvalue weighted by molar-refractivity contribution is 7.47. The molecule has 0 aliphatic heterocycles. The first-order valence-electron chi connectivity index (χ1n) is 32.3. The van der Waals surface area contributed by atoms with E-state index in [1.807, 2.05) is 0 Å². The van der Waals surface area contributed by atoms with E-state index < -0.39 is 97.5 Å². The largest absolute Gasteiger partial charge is 0.472 e. The second-order valence-corrected chi connectivity index (χ2v) is 25.0. The van der Waals surface area contributed by atoms with E-state index in [1.54, 1.807) is 0 Å². The van der Waals surface area contributed by atoms with Crippen molar-refractivity contribution in [1.29, 1.82) is 0 Å². The molecule has 0 aliphatic rings. The molecule has 0 radical (unpaired) electrons. The molecule has 3 N–H and O–H groups in total. The van der Waals surface area contributed by atoms with Crippen LogP contribution < -0.4 is 0 Å². The van der Waals surface area contributed by atoms with Gasteiger partial charge in [0.1, 0.15) is 19.3 Å². The fraction of sp³-hybridized carbons (Fsp3) is 0.934. The third-order valence-corrected chi connectivity index (χ3v) is 16.0. The van der Waals surface area contributed by atoms with Crippen molar-refractivity contribution in [1.82, 2.24) is 0 Å². The third-order valence-electron chi connectivity index (χ3n) is 14.1. The number of carbonyl (C=O) groups excluding carboxylic acids is 4. The summed E-state index contributed by atoms with van der Waals surface area (Å²) in [6, 6.07) is 0. The Morgan fingerprint density at radius 2 is 0.500 bits per heavy atom. The minimum absolute atomic E-state index is 0.106. The van der Waals surface area contributed by atoms with Crippen LogP contribution in [-0.2, 0) is 65.4 Å². The molecule has 0 aromatic heterocycles. The average Bonchev–Trinajstić information content (AvgIpc) is 3.43. The number of phosphoric acid groups is 2. The van der Waals surface area contributed by atoms with Gasteiger partial charge in [-0.2, -0.15) is 0 Å². The van der Waals surface area contributed by atoms with Crippen molar-refractivity contribution in [3.63, 3.8) is 0 Å². The molecule has 2 unspecified atom stereocenters. The first-order valence-corrected chi connectivity index (χ1v) is 35.3. The standard InChI is InChI=1S/C61H118O17P2/c1-5-9-13-17-20-23-26-27-28-30-33-36-40-44-48-61(66)78-57(52-72-59(64)46-42-38-34-32-29-24-21-18-14-10-6-2)54-76-80(69,70)74-50-55(62)49-73-79(67,68)75-53-56(51-71-58(63)45-41-37-16-12-8-4)77-60(65)47-43-39-35-31-25-22-19-15-11-7-3/h55-57,62H,5-54H2,1-4H3,(H,67,68)(H,69,70)/t55-,56+,57+/m0/s1. The summed E-state index contributed by atoms with van der Waals surface area (Å²) in [4.78, 5) is 71.8. The summed E-state index contributed by atoms with van der Waals surface area (Å²) in [7, 11) is -9.87. The van der Waals surface area contributed by atoms with E-state index in [2.05, 4.69) is 27.7 Å². The van der Waals surface area contributed by atoms with Gasteiger partial charge in [-0.1, -0.05) is 259 Å². The van der Waals surface area contributed by atoms with Gasteiger partial charge in [-0.25, -0.2) is 9.13 Å². The number of phosphoric ester groups is 2. The third kappa shape index (κ3) is 55.3. The van der Waals surface area contributed by atoms with Crippen LogP contribution in [0.4, 0.5) is 0 Å². The van der Waals surface area contributed by atoms with Crippen molar-refractivity contribution >= 4 is 39.5 Å². The van der Waals surface area contributed by atoms with Crippen molar-refractivity contribution in [2.45, 2.75) is 329 Å².